The van der Waals surface area contributed by atoms with Crippen molar-refractivity contribution in [2.75, 3.05) is 4.90 Å². The lowest BCUT2D eigenvalue weighted by Crippen LogP contribution is -2.10. The largest absolute Gasteiger partial charge is 0.455 e. The van der Waals surface area contributed by atoms with E-state index in [2.05, 4.69) is 170 Å². The molecule has 1 aromatic heterocycles. The lowest BCUT2D eigenvalue weighted by atomic mass is 10.0. The van der Waals surface area contributed by atoms with Crippen LogP contribution < -0.4 is 4.90 Å². The Morgan fingerprint density at radius 2 is 1.09 bits per heavy atom. The molecule has 47 heavy (non-hydrogen) atoms. The average molecular weight is 604 g/mol. The van der Waals surface area contributed by atoms with Gasteiger partial charge < -0.3 is 9.32 Å². The molecule has 0 bridgehead atoms. The second-order valence-electron chi connectivity index (χ2n) is 12.0. The summed E-state index contributed by atoms with van der Waals surface area (Å²) in [6, 6.07) is 58.2. The van der Waals surface area contributed by atoms with Gasteiger partial charge in [-0.2, -0.15) is 0 Å². The number of hydrogen-bond acceptors (Lipinski definition) is 2. The molecule has 0 aliphatic heterocycles. The lowest BCUT2D eigenvalue weighted by Gasteiger charge is -2.26. The maximum atomic E-state index is 6.36. The molecule has 0 N–H and O–H groups in total. The summed E-state index contributed by atoms with van der Waals surface area (Å²) < 4.78 is 6.36. The standard InChI is InChI=1S/C45H33NO/c1-3-32-17-19-33(20-18-32)37-11-7-12-40(30-37)46(38-25-21-34(22-26-38)36-10-6-9-31(2)29-36)39-27-23-35(24-28-39)41-14-8-15-43-42-13-4-5-16-44(42)47-45(41)43/h3-30H,1H2,2H3. The molecule has 7 aromatic carbocycles. The van der Waals surface area contributed by atoms with Crippen molar-refractivity contribution >= 4 is 45.1 Å². The van der Waals surface area contributed by atoms with Crippen molar-refractivity contribution in [2.24, 2.45) is 0 Å². The molecule has 0 saturated carbocycles. The van der Waals surface area contributed by atoms with E-state index in [1.165, 1.54) is 22.3 Å². The maximum Gasteiger partial charge on any atom is 0.143 e. The molecule has 0 amide bonds. The van der Waals surface area contributed by atoms with Crippen molar-refractivity contribution in [1.29, 1.82) is 0 Å². The number of rotatable bonds is 7. The first-order chi connectivity index (χ1) is 23.1. The summed E-state index contributed by atoms with van der Waals surface area (Å²) in [5, 5.41) is 2.27. The second kappa shape index (κ2) is 12.0. The van der Waals surface area contributed by atoms with Crippen LogP contribution in [0.2, 0.25) is 0 Å². The van der Waals surface area contributed by atoms with Gasteiger partial charge in [0.25, 0.3) is 0 Å². The molecule has 8 aromatic rings. The van der Waals surface area contributed by atoms with Gasteiger partial charge in [0, 0.05) is 33.4 Å². The molecule has 1 heterocycles. The van der Waals surface area contributed by atoms with E-state index in [4.69, 9.17) is 4.42 Å². The Morgan fingerprint density at radius 1 is 0.489 bits per heavy atom. The molecule has 0 saturated heterocycles. The van der Waals surface area contributed by atoms with Gasteiger partial charge >= 0.3 is 0 Å². The minimum Gasteiger partial charge on any atom is -0.455 e. The third-order valence-corrected chi connectivity index (χ3v) is 8.90. The van der Waals surface area contributed by atoms with Crippen LogP contribution in [0.15, 0.2) is 175 Å². The number of nitrogens with zero attached hydrogens (tertiary/aromatic N) is 1. The predicted octanol–water partition coefficient (Wildman–Crippen LogP) is 13.0. The van der Waals surface area contributed by atoms with E-state index in [0.29, 0.717) is 0 Å². The number of fused-ring (bicyclic) bond motifs is 3. The number of anilines is 3. The van der Waals surface area contributed by atoms with Gasteiger partial charge in [-0.05, 0) is 82.8 Å². The van der Waals surface area contributed by atoms with E-state index in [1.54, 1.807) is 0 Å². The van der Waals surface area contributed by atoms with Crippen molar-refractivity contribution in [2.45, 2.75) is 6.92 Å². The first kappa shape index (κ1) is 28.4. The van der Waals surface area contributed by atoms with Crippen LogP contribution in [-0.4, -0.2) is 0 Å². The second-order valence-corrected chi connectivity index (χ2v) is 12.0. The van der Waals surface area contributed by atoms with Gasteiger partial charge in [0.2, 0.25) is 0 Å². The van der Waals surface area contributed by atoms with E-state index < -0.39 is 0 Å². The molecule has 2 nitrogen and oxygen atoms in total. The Labute approximate surface area is 275 Å². The monoisotopic (exact) mass is 603 g/mol. The van der Waals surface area contributed by atoms with Gasteiger partial charge in [-0.25, -0.2) is 0 Å². The van der Waals surface area contributed by atoms with Crippen molar-refractivity contribution in [3.8, 4) is 33.4 Å². The van der Waals surface area contributed by atoms with Crippen LogP contribution in [0, 0.1) is 6.92 Å². The van der Waals surface area contributed by atoms with Gasteiger partial charge in [0.1, 0.15) is 11.2 Å². The van der Waals surface area contributed by atoms with Crippen molar-refractivity contribution in [1.82, 2.24) is 0 Å². The van der Waals surface area contributed by atoms with E-state index in [9.17, 15) is 0 Å². The van der Waals surface area contributed by atoms with Gasteiger partial charge in [0.15, 0.2) is 0 Å². The smallest absolute Gasteiger partial charge is 0.143 e. The first-order valence-electron chi connectivity index (χ1n) is 16.0. The zero-order chi connectivity index (χ0) is 31.7. The summed E-state index contributed by atoms with van der Waals surface area (Å²) in [5.74, 6) is 0. The molecule has 0 aliphatic rings. The van der Waals surface area contributed by atoms with E-state index in [0.717, 1.165) is 61.3 Å². The zero-order valence-corrected chi connectivity index (χ0v) is 26.2. The summed E-state index contributed by atoms with van der Waals surface area (Å²) in [6.45, 7) is 6.04. The maximum absolute atomic E-state index is 6.36. The summed E-state index contributed by atoms with van der Waals surface area (Å²) in [7, 11) is 0. The zero-order valence-electron chi connectivity index (χ0n) is 26.2. The number of aryl methyl sites for hydroxylation is 1. The fraction of sp³-hybridized carbons (Fsp3) is 0.0222. The van der Waals surface area contributed by atoms with E-state index in [1.807, 2.05) is 18.2 Å². The minimum absolute atomic E-state index is 0.908. The van der Waals surface area contributed by atoms with Gasteiger partial charge in [-0.1, -0.05) is 140 Å². The molecule has 224 valence electrons. The third-order valence-electron chi connectivity index (χ3n) is 8.90. The number of para-hydroxylation sites is 2. The Kier molecular flexibility index (Phi) is 7.24. The fourth-order valence-corrected chi connectivity index (χ4v) is 6.48. The topological polar surface area (TPSA) is 16.4 Å². The van der Waals surface area contributed by atoms with E-state index in [-0.39, 0.29) is 0 Å². The molecule has 2 heteroatoms. The molecule has 0 spiro atoms. The van der Waals surface area contributed by atoms with Crippen LogP contribution in [-0.2, 0) is 0 Å². The van der Waals surface area contributed by atoms with Crippen molar-refractivity contribution in [3.63, 3.8) is 0 Å². The van der Waals surface area contributed by atoms with Crippen LogP contribution in [0.1, 0.15) is 11.1 Å². The molecule has 0 fully saturated rings. The highest BCUT2D eigenvalue weighted by molar-refractivity contribution is 6.09. The highest BCUT2D eigenvalue weighted by Gasteiger charge is 2.16. The van der Waals surface area contributed by atoms with Crippen molar-refractivity contribution < 1.29 is 4.42 Å². The third kappa shape index (κ3) is 5.41. The van der Waals surface area contributed by atoms with E-state index >= 15 is 0 Å². The highest BCUT2D eigenvalue weighted by atomic mass is 16.3. The normalized spacial score (nSPS) is 11.2. The molecule has 0 radical (unpaired) electrons. The number of hydrogen-bond donors (Lipinski definition) is 0. The SMILES string of the molecule is C=Cc1ccc(-c2cccc(N(c3ccc(-c4cccc(C)c4)cc3)c3ccc(-c4cccc5c4oc4ccccc45)cc3)c2)cc1. The molecule has 0 aliphatic carbocycles. The fourth-order valence-electron chi connectivity index (χ4n) is 6.48. The summed E-state index contributed by atoms with van der Waals surface area (Å²) >= 11 is 0. The van der Waals surface area contributed by atoms with Crippen LogP contribution in [0.5, 0.6) is 0 Å². The summed E-state index contributed by atoms with van der Waals surface area (Å²) in [6.07, 6.45) is 1.88. The Hall–Kier alpha value is -6.12. The molecule has 8 rings (SSSR count). The highest BCUT2D eigenvalue weighted by Crippen LogP contribution is 2.40. The van der Waals surface area contributed by atoms with Crippen molar-refractivity contribution in [3.05, 3.63) is 181 Å². The van der Waals surface area contributed by atoms with Crippen LogP contribution in [0.3, 0.4) is 0 Å². The Bertz CT molecular complexity index is 2360. The minimum atomic E-state index is 0.908. The van der Waals surface area contributed by atoms with Crippen LogP contribution in [0.4, 0.5) is 17.1 Å². The van der Waals surface area contributed by atoms with Gasteiger partial charge in [0.05, 0.1) is 0 Å². The van der Waals surface area contributed by atoms with Crippen LogP contribution in [0.25, 0.3) is 61.4 Å². The van der Waals surface area contributed by atoms with Crippen LogP contribution >= 0.6 is 0 Å². The van der Waals surface area contributed by atoms with Gasteiger partial charge in [-0.3, -0.25) is 0 Å². The molecular formula is C45H33NO. The number of benzene rings is 7. The Morgan fingerprint density at radius 3 is 1.79 bits per heavy atom. The Balaban J connectivity index is 1.21. The molecular weight excluding hydrogens is 571 g/mol. The number of furan rings is 1. The first-order valence-corrected chi connectivity index (χ1v) is 16.0. The lowest BCUT2D eigenvalue weighted by molar-refractivity contribution is 0.670. The summed E-state index contributed by atoms with van der Waals surface area (Å²) in [5.41, 5.74) is 14.4. The quantitative estimate of drug-likeness (QED) is 0.180. The molecule has 0 atom stereocenters. The summed E-state index contributed by atoms with van der Waals surface area (Å²) in [4.78, 5) is 2.33. The molecule has 0 unspecified atom stereocenters. The average Bonchev–Trinajstić information content (AvgIpc) is 3.52. The predicted molar refractivity (Wildman–Crippen MR) is 200 cm³/mol. The van der Waals surface area contributed by atoms with Gasteiger partial charge in [-0.15, -0.1) is 0 Å².